The van der Waals surface area contributed by atoms with Gasteiger partial charge in [0, 0.05) is 21.7 Å². The molecule has 0 aromatic heterocycles. The van der Waals surface area contributed by atoms with Gasteiger partial charge in [-0.05, 0) is 77.9 Å². The number of halogens is 2. The molecule has 1 unspecified atom stereocenters. The molecule has 0 aliphatic carbocycles. The Hall–Kier alpha value is -1.80. The average molecular weight is 529 g/mol. The second-order valence-corrected chi connectivity index (χ2v) is 8.39. The number of ether oxygens (including phenoxy) is 1. The van der Waals surface area contributed by atoms with Gasteiger partial charge < -0.3 is 15.0 Å². The first kappa shape index (κ1) is 23.5. The van der Waals surface area contributed by atoms with Crippen LogP contribution in [0.3, 0.4) is 0 Å². The number of rotatable bonds is 10. The molecule has 2 rings (SSSR count). The zero-order chi connectivity index (χ0) is 21.2. The second-order valence-electron chi connectivity index (χ2n) is 6.71. The van der Waals surface area contributed by atoms with Crippen LogP contribution >= 0.6 is 34.2 Å². The number of unbranched alkanes of at least 4 members (excludes halogenated alkanes) is 1. The Balaban J connectivity index is 2.08. The topological polar surface area (TPSA) is 58.6 Å². The van der Waals surface area contributed by atoms with Crippen LogP contribution in [0.25, 0.3) is 0 Å². The molecular formula is C22H26ClIN2O3. The number of hydrogen-bond acceptors (Lipinski definition) is 3. The molecule has 0 saturated heterocycles. The number of amides is 2. The third kappa shape index (κ3) is 7.85. The number of nitrogens with zero attached hydrogens (tertiary/aromatic N) is 1. The van der Waals surface area contributed by atoms with E-state index in [-0.39, 0.29) is 18.4 Å². The Morgan fingerprint density at radius 3 is 2.41 bits per heavy atom. The quantitative estimate of drug-likeness (QED) is 0.361. The third-order valence-corrected chi connectivity index (χ3v) is 5.41. The molecule has 2 amide bonds. The van der Waals surface area contributed by atoms with Gasteiger partial charge in [-0.25, -0.2) is 0 Å². The zero-order valence-electron chi connectivity index (χ0n) is 16.7. The van der Waals surface area contributed by atoms with Crippen LogP contribution < -0.4 is 10.1 Å². The van der Waals surface area contributed by atoms with E-state index in [1.165, 1.54) is 4.90 Å². The molecule has 0 heterocycles. The normalized spacial score (nSPS) is 11.6. The number of nitrogens with one attached hydrogen (secondary N) is 1. The highest BCUT2D eigenvalue weighted by molar-refractivity contribution is 14.1. The molecule has 0 aliphatic heterocycles. The monoisotopic (exact) mass is 528 g/mol. The Bertz CT molecular complexity index is 797. The number of carbonyl (C=O) groups is 2. The predicted octanol–water partition coefficient (Wildman–Crippen LogP) is 4.66. The smallest absolute Gasteiger partial charge is 0.261 e. The van der Waals surface area contributed by atoms with Crippen molar-refractivity contribution in [1.82, 2.24) is 10.2 Å². The van der Waals surface area contributed by atoms with Crippen molar-refractivity contribution in [2.24, 2.45) is 0 Å². The van der Waals surface area contributed by atoms with Gasteiger partial charge in [-0.1, -0.05) is 37.1 Å². The molecule has 0 aliphatic rings. The number of hydrogen-bond donors (Lipinski definition) is 1. The van der Waals surface area contributed by atoms with Gasteiger partial charge in [0.15, 0.2) is 6.61 Å². The summed E-state index contributed by atoms with van der Waals surface area (Å²) in [7, 11) is 0. The molecule has 2 aromatic rings. The molecule has 0 saturated carbocycles. The molecular weight excluding hydrogens is 503 g/mol. The molecule has 29 heavy (non-hydrogen) atoms. The van der Waals surface area contributed by atoms with Crippen molar-refractivity contribution in [2.75, 3.05) is 13.2 Å². The molecule has 0 fully saturated rings. The molecule has 1 N–H and O–H groups in total. The highest BCUT2D eigenvalue weighted by atomic mass is 127. The zero-order valence-corrected chi connectivity index (χ0v) is 19.6. The summed E-state index contributed by atoms with van der Waals surface area (Å²) in [5.74, 6) is 0.192. The van der Waals surface area contributed by atoms with Crippen LogP contribution in [0.5, 0.6) is 5.75 Å². The van der Waals surface area contributed by atoms with Crippen molar-refractivity contribution < 1.29 is 14.3 Å². The van der Waals surface area contributed by atoms with Crippen molar-refractivity contribution in [1.29, 1.82) is 0 Å². The molecule has 5 nitrogen and oxygen atoms in total. The fourth-order valence-electron chi connectivity index (χ4n) is 2.66. The van der Waals surface area contributed by atoms with E-state index in [1.54, 1.807) is 19.1 Å². The van der Waals surface area contributed by atoms with Crippen molar-refractivity contribution in [2.45, 2.75) is 39.3 Å². The van der Waals surface area contributed by atoms with Crippen molar-refractivity contribution in [3.8, 4) is 5.75 Å². The third-order valence-electron chi connectivity index (χ3n) is 4.44. The number of benzene rings is 2. The van der Waals surface area contributed by atoms with E-state index in [1.807, 2.05) is 36.4 Å². The molecule has 1 atom stereocenters. The molecule has 0 spiro atoms. The molecule has 156 valence electrons. The Morgan fingerprint density at radius 2 is 1.79 bits per heavy atom. The van der Waals surface area contributed by atoms with Crippen molar-refractivity contribution >= 4 is 46.0 Å². The van der Waals surface area contributed by atoms with Gasteiger partial charge in [0.1, 0.15) is 11.8 Å². The average Bonchev–Trinajstić information content (AvgIpc) is 2.72. The Kier molecular flexibility index (Phi) is 9.73. The van der Waals surface area contributed by atoms with Crippen LogP contribution in [-0.2, 0) is 16.1 Å². The van der Waals surface area contributed by atoms with Crippen LogP contribution in [0, 0.1) is 3.57 Å². The molecule has 0 bridgehead atoms. The highest BCUT2D eigenvalue weighted by Crippen LogP contribution is 2.16. The van der Waals surface area contributed by atoms with Gasteiger partial charge in [-0.15, -0.1) is 0 Å². The van der Waals surface area contributed by atoms with E-state index < -0.39 is 6.04 Å². The summed E-state index contributed by atoms with van der Waals surface area (Å²) >= 11 is 8.17. The summed E-state index contributed by atoms with van der Waals surface area (Å²) in [6, 6.07) is 14.1. The minimum absolute atomic E-state index is 0.138. The van der Waals surface area contributed by atoms with E-state index in [0.29, 0.717) is 23.9 Å². The van der Waals surface area contributed by atoms with Crippen LogP contribution in [-0.4, -0.2) is 35.9 Å². The van der Waals surface area contributed by atoms with Crippen LogP contribution in [0.4, 0.5) is 0 Å². The summed E-state index contributed by atoms with van der Waals surface area (Å²) in [6.07, 6.45) is 1.89. The lowest BCUT2D eigenvalue weighted by atomic mass is 10.1. The summed E-state index contributed by atoms with van der Waals surface area (Å²) < 4.78 is 6.73. The van der Waals surface area contributed by atoms with E-state index in [2.05, 4.69) is 34.8 Å². The van der Waals surface area contributed by atoms with E-state index in [4.69, 9.17) is 16.3 Å². The second kappa shape index (κ2) is 12.0. The van der Waals surface area contributed by atoms with Gasteiger partial charge in [0.2, 0.25) is 5.91 Å². The lowest BCUT2D eigenvalue weighted by Crippen LogP contribution is -2.49. The van der Waals surface area contributed by atoms with Gasteiger partial charge in [-0.3, -0.25) is 9.59 Å². The van der Waals surface area contributed by atoms with Crippen molar-refractivity contribution in [3.05, 3.63) is 62.7 Å². The number of carbonyl (C=O) groups excluding carboxylic acids is 2. The first-order valence-corrected chi connectivity index (χ1v) is 11.1. The Labute approximate surface area is 190 Å². The summed E-state index contributed by atoms with van der Waals surface area (Å²) in [4.78, 5) is 27.0. The fraction of sp³-hybridized carbons (Fsp3) is 0.364. The fourth-order valence-corrected chi connectivity index (χ4v) is 3.15. The van der Waals surface area contributed by atoms with Gasteiger partial charge >= 0.3 is 0 Å². The maximum Gasteiger partial charge on any atom is 0.261 e. The minimum Gasteiger partial charge on any atom is -0.484 e. The first-order valence-electron chi connectivity index (χ1n) is 9.60. The summed E-state index contributed by atoms with van der Waals surface area (Å²) in [6.45, 7) is 4.56. The minimum atomic E-state index is -0.615. The molecule has 2 aromatic carbocycles. The van der Waals surface area contributed by atoms with E-state index in [0.717, 1.165) is 22.0 Å². The van der Waals surface area contributed by atoms with Gasteiger partial charge in [0.25, 0.3) is 5.91 Å². The van der Waals surface area contributed by atoms with Gasteiger partial charge in [-0.2, -0.15) is 0 Å². The largest absolute Gasteiger partial charge is 0.484 e. The lowest BCUT2D eigenvalue weighted by molar-refractivity contribution is -0.142. The van der Waals surface area contributed by atoms with Crippen LogP contribution in [0.15, 0.2) is 48.5 Å². The molecule has 7 heteroatoms. The highest BCUT2D eigenvalue weighted by Gasteiger charge is 2.26. The van der Waals surface area contributed by atoms with Crippen LogP contribution in [0.2, 0.25) is 5.02 Å². The van der Waals surface area contributed by atoms with Crippen molar-refractivity contribution in [3.63, 3.8) is 0 Å². The lowest BCUT2D eigenvalue weighted by Gasteiger charge is -2.28. The van der Waals surface area contributed by atoms with Gasteiger partial charge in [0.05, 0.1) is 0 Å². The SMILES string of the molecule is CCCCNC(=O)C(C)N(Cc1ccc(Cl)cc1)C(=O)COc1ccc(I)cc1. The summed E-state index contributed by atoms with van der Waals surface area (Å²) in [5, 5.41) is 3.52. The maximum absolute atomic E-state index is 12.9. The van der Waals surface area contributed by atoms with Crippen LogP contribution in [0.1, 0.15) is 32.3 Å². The summed E-state index contributed by atoms with van der Waals surface area (Å²) in [5.41, 5.74) is 0.894. The maximum atomic E-state index is 12.9. The predicted molar refractivity (Wildman–Crippen MR) is 124 cm³/mol. The first-order chi connectivity index (χ1) is 13.9. The van der Waals surface area contributed by atoms with E-state index >= 15 is 0 Å². The Morgan fingerprint density at radius 1 is 1.14 bits per heavy atom. The molecule has 0 radical (unpaired) electrons. The standard InChI is InChI=1S/C22H26ClIN2O3/c1-3-4-13-25-22(28)16(2)26(14-17-5-7-18(23)8-6-17)21(27)15-29-20-11-9-19(24)10-12-20/h5-12,16H,3-4,13-15H2,1-2H3,(H,25,28). The van der Waals surface area contributed by atoms with E-state index in [9.17, 15) is 9.59 Å².